The zero-order valence-electron chi connectivity index (χ0n) is 9.25. The topological polar surface area (TPSA) is 49.1 Å². The fourth-order valence-corrected chi connectivity index (χ4v) is 2.37. The SMILES string of the molecule is CS/C(=N\C(=N)c1cncs1)c1ccccc1. The first-order valence-corrected chi connectivity index (χ1v) is 7.07. The average Bonchev–Trinajstić information content (AvgIpc) is 2.90. The van der Waals surface area contributed by atoms with Crippen molar-refractivity contribution < 1.29 is 0 Å². The quantitative estimate of drug-likeness (QED) is 0.666. The standard InChI is InChI=1S/C12H11N3S2/c1-16-12(9-5-3-2-4-6-9)15-11(13)10-7-14-8-17-10/h2-8,13H,1H3/b13-11?,15-12-. The minimum Gasteiger partial charge on any atom is -0.282 e. The lowest BCUT2D eigenvalue weighted by Gasteiger charge is -2.02. The van der Waals surface area contributed by atoms with Crippen molar-refractivity contribution in [3.63, 3.8) is 0 Å². The Labute approximate surface area is 108 Å². The fraction of sp³-hybridized carbons (Fsp3) is 0.0833. The van der Waals surface area contributed by atoms with Gasteiger partial charge in [-0.2, -0.15) is 0 Å². The van der Waals surface area contributed by atoms with Crippen molar-refractivity contribution in [1.82, 2.24) is 4.98 Å². The lowest BCUT2D eigenvalue weighted by molar-refractivity contribution is 1.39. The van der Waals surface area contributed by atoms with Crippen LogP contribution in [0.3, 0.4) is 0 Å². The number of rotatable bonds is 2. The number of nitrogens with zero attached hydrogens (tertiary/aromatic N) is 2. The van der Waals surface area contributed by atoms with E-state index in [9.17, 15) is 0 Å². The molecule has 0 saturated heterocycles. The third-order valence-electron chi connectivity index (χ3n) is 2.09. The molecule has 3 nitrogen and oxygen atoms in total. The van der Waals surface area contributed by atoms with Crippen LogP contribution in [0, 0.1) is 5.41 Å². The van der Waals surface area contributed by atoms with Gasteiger partial charge in [-0.3, -0.25) is 10.4 Å². The van der Waals surface area contributed by atoms with E-state index in [1.807, 2.05) is 36.6 Å². The van der Waals surface area contributed by atoms with Gasteiger partial charge in [-0.05, 0) is 6.26 Å². The molecular formula is C12H11N3S2. The highest BCUT2D eigenvalue weighted by Gasteiger charge is 2.06. The summed E-state index contributed by atoms with van der Waals surface area (Å²) in [6, 6.07) is 9.90. The van der Waals surface area contributed by atoms with Gasteiger partial charge in [0.1, 0.15) is 5.04 Å². The third-order valence-corrected chi connectivity index (χ3v) is 3.59. The molecule has 2 aromatic rings. The second-order valence-corrected chi connectivity index (χ2v) is 4.88. The van der Waals surface area contributed by atoms with Gasteiger partial charge in [-0.25, -0.2) is 4.99 Å². The van der Waals surface area contributed by atoms with Crippen LogP contribution in [0.25, 0.3) is 0 Å². The van der Waals surface area contributed by atoms with E-state index >= 15 is 0 Å². The molecule has 5 heteroatoms. The predicted molar refractivity (Wildman–Crippen MR) is 75.4 cm³/mol. The maximum Gasteiger partial charge on any atom is 0.164 e. The second-order valence-electron chi connectivity index (χ2n) is 3.20. The summed E-state index contributed by atoms with van der Waals surface area (Å²) in [5.74, 6) is 0.265. The summed E-state index contributed by atoms with van der Waals surface area (Å²) in [6.45, 7) is 0. The van der Waals surface area contributed by atoms with E-state index in [1.165, 1.54) is 11.3 Å². The summed E-state index contributed by atoms with van der Waals surface area (Å²) in [5, 5.41) is 8.75. The number of thiazole rings is 1. The Hall–Kier alpha value is -1.46. The molecule has 1 aromatic carbocycles. The minimum atomic E-state index is 0.265. The molecular weight excluding hydrogens is 250 g/mol. The highest BCUT2D eigenvalue weighted by atomic mass is 32.2. The van der Waals surface area contributed by atoms with Crippen LogP contribution in [0.15, 0.2) is 47.0 Å². The van der Waals surface area contributed by atoms with Crippen LogP contribution in [0.1, 0.15) is 10.4 Å². The van der Waals surface area contributed by atoms with E-state index in [1.54, 1.807) is 23.5 Å². The second kappa shape index (κ2) is 5.75. The molecule has 0 saturated carbocycles. The molecule has 1 aromatic heterocycles. The monoisotopic (exact) mass is 261 g/mol. The molecule has 0 bridgehead atoms. The van der Waals surface area contributed by atoms with Gasteiger partial charge >= 0.3 is 0 Å². The molecule has 0 atom stereocenters. The number of nitrogens with one attached hydrogen (secondary N) is 1. The van der Waals surface area contributed by atoms with Gasteiger partial charge in [0.2, 0.25) is 0 Å². The number of hydrogen-bond acceptors (Lipinski definition) is 4. The first-order valence-electron chi connectivity index (χ1n) is 4.97. The fourth-order valence-electron chi connectivity index (χ4n) is 1.30. The van der Waals surface area contributed by atoms with Crippen molar-refractivity contribution in [2.45, 2.75) is 0 Å². The molecule has 2 rings (SSSR count). The maximum absolute atomic E-state index is 7.90. The Morgan fingerprint density at radius 3 is 2.71 bits per heavy atom. The maximum atomic E-state index is 7.90. The van der Waals surface area contributed by atoms with Crippen molar-refractivity contribution >= 4 is 34.0 Å². The Morgan fingerprint density at radius 1 is 1.35 bits per heavy atom. The van der Waals surface area contributed by atoms with E-state index in [4.69, 9.17) is 5.41 Å². The molecule has 86 valence electrons. The normalized spacial score (nSPS) is 11.5. The predicted octanol–water partition coefficient (Wildman–Crippen LogP) is 3.28. The molecule has 1 N–H and O–H groups in total. The lowest BCUT2D eigenvalue weighted by atomic mass is 10.2. The summed E-state index contributed by atoms with van der Waals surface area (Å²) in [7, 11) is 0. The Bertz CT molecular complexity index is 518. The smallest absolute Gasteiger partial charge is 0.164 e. The molecule has 0 aliphatic heterocycles. The highest BCUT2D eigenvalue weighted by Crippen LogP contribution is 2.14. The average molecular weight is 261 g/mol. The van der Waals surface area contributed by atoms with E-state index in [2.05, 4.69) is 9.98 Å². The van der Waals surface area contributed by atoms with Gasteiger partial charge in [0.25, 0.3) is 0 Å². The van der Waals surface area contributed by atoms with Crippen molar-refractivity contribution in [1.29, 1.82) is 5.41 Å². The first kappa shape index (κ1) is 12.0. The van der Waals surface area contributed by atoms with Gasteiger partial charge < -0.3 is 0 Å². The number of aromatic nitrogens is 1. The van der Waals surface area contributed by atoms with Crippen LogP contribution in [0.5, 0.6) is 0 Å². The number of hydrogen-bond donors (Lipinski definition) is 1. The molecule has 0 amide bonds. The zero-order chi connectivity index (χ0) is 12.1. The molecule has 0 unspecified atom stereocenters. The van der Waals surface area contributed by atoms with Crippen molar-refractivity contribution in [2.24, 2.45) is 4.99 Å². The first-order chi connectivity index (χ1) is 8.31. The van der Waals surface area contributed by atoms with Crippen molar-refractivity contribution in [2.75, 3.05) is 6.26 Å². The number of amidine groups is 1. The molecule has 0 aliphatic rings. The molecule has 0 radical (unpaired) electrons. The highest BCUT2D eigenvalue weighted by molar-refractivity contribution is 8.13. The van der Waals surface area contributed by atoms with Gasteiger partial charge in [-0.15, -0.1) is 23.1 Å². The van der Waals surface area contributed by atoms with Gasteiger partial charge in [-0.1, -0.05) is 30.3 Å². The van der Waals surface area contributed by atoms with Gasteiger partial charge in [0, 0.05) is 11.8 Å². The van der Waals surface area contributed by atoms with Crippen molar-refractivity contribution in [3.05, 3.63) is 52.5 Å². The Morgan fingerprint density at radius 2 is 2.12 bits per heavy atom. The summed E-state index contributed by atoms with van der Waals surface area (Å²) in [6.07, 6.45) is 3.63. The largest absolute Gasteiger partial charge is 0.282 e. The molecule has 17 heavy (non-hydrogen) atoms. The number of thioether (sulfide) groups is 1. The minimum absolute atomic E-state index is 0.265. The molecule has 0 spiro atoms. The van der Waals surface area contributed by atoms with E-state index in [0.29, 0.717) is 0 Å². The molecule has 0 aliphatic carbocycles. The summed E-state index contributed by atoms with van der Waals surface area (Å²) >= 11 is 2.97. The van der Waals surface area contributed by atoms with Crippen molar-refractivity contribution in [3.8, 4) is 0 Å². The van der Waals surface area contributed by atoms with Crippen LogP contribution in [-0.4, -0.2) is 22.1 Å². The molecule has 1 heterocycles. The van der Waals surface area contributed by atoms with E-state index in [-0.39, 0.29) is 5.84 Å². The van der Waals surface area contributed by atoms with Crippen LogP contribution in [-0.2, 0) is 0 Å². The van der Waals surface area contributed by atoms with Gasteiger partial charge in [0.05, 0.1) is 10.4 Å². The summed E-state index contributed by atoms with van der Waals surface area (Å²) in [5.41, 5.74) is 2.75. The van der Waals surface area contributed by atoms with Crippen LogP contribution in [0.2, 0.25) is 0 Å². The number of aliphatic imine (C=N–C) groups is 1. The van der Waals surface area contributed by atoms with Gasteiger partial charge in [0.15, 0.2) is 5.84 Å². The van der Waals surface area contributed by atoms with E-state index < -0.39 is 0 Å². The lowest BCUT2D eigenvalue weighted by Crippen LogP contribution is -2.00. The number of benzene rings is 1. The Kier molecular flexibility index (Phi) is 4.06. The zero-order valence-corrected chi connectivity index (χ0v) is 10.9. The summed E-state index contributed by atoms with van der Waals surface area (Å²) in [4.78, 5) is 9.08. The van der Waals surface area contributed by atoms with E-state index in [0.717, 1.165) is 15.5 Å². The van der Waals surface area contributed by atoms with Crippen LogP contribution < -0.4 is 0 Å². The third kappa shape index (κ3) is 3.01. The van der Waals surface area contributed by atoms with Crippen LogP contribution in [0.4, 0.5) is 0 Å². The Balaban J connectivity index is 2.28. The summed E-state index contributed by atoms with van der Waals surface area (Å²) < 4.78 is 0. The molecule has 0 fully saturated rings. The van der Waals surface area contributed by atoms with Crippen LogP contribution >= 0.6 is 23.1 Å².